The summed E-state index contributed by atoms with van der Waals surface area (Å²) in [6, 6.07) is 8.49. The maximum absolute atomic E-state index is 5.39. The minimum Gasteiger partial charge on any atom is -0.381 e. The van der Waals surface area contributed by atoms with Gasteiger partial charge in [0.25, 0.3) is 0 Å². The van der Waals surface area contributed by atoms with Crippen LogP contribution in [0.25, 0.3) is 10.9 Å². The zero-order valence-corrected chi connectivity index (χ0v) is 9.93. The number of hydrogen-bond donors (Lipinski definition) is 1. The van der Waals surface area contributed by atoms with E-state index in [2.05, 4.69) is 35.4 Å². The lowest BCUT2D eigenvalue weighted by molar-refractivity contribution is 0.100. The van der Waals surface area contributed by atoms with Crippen LogP contribution >= 0.6 is 11.8 Å². The second-order valence-electron chi connectivity index (χ2n) is 4.13. The zero-order valence-electron chi connectivity index (χ0n) is 9.11. The highest BCUT2D eigenvalue weighted by molar-refractivity contribution is 8.00. The number of H-pyrrole nitrogens is 1. The summed E-state index contributed by atoms with van der Waals surface area (Å²) in [7, 11) is 0. The number of benzene rings is 1. The molecule has 0 atom stereocenters. The molecule has 16 heavy (non-hydrogen) atoms. The lowest BCUT2D eigenvalue weighted by Gasteiger charge is -2.20. The van der Waals surface area contributed by atoms with Crippen LogP contribution < -0.4 is 0 Å². The summed E-state index contributed by atoms with van der Waals surface area (Å²) < 4.78 is 5.39. The number of ether oxygens (including phenoxy) is 1. The van der Waals surface area contributed by atoms with Crippen molar-refractivity contribution in [1.29, 1.82) is 0 Å². The first kappa shape index (κ1) is 10.2. The number of fused-ring (bicyclic) bond motifs is 1. The van der Waals surface area contributed by atoms with E-state index in [4.69, 9.17) is 4.74 Å². The van der Waals surface area contributed by atoms with E-state index >= 15 is 0 Å². The van der Waals surface area contributed by atoms with Crippen molar-refractivity contribution in [2.45, 2.75) is 23.0 Å². The van der Waals surface area contributed by atoms with Crippen molar-refractivity contribution in [1.82, 2.24) is 4.98 Å². The average molecular weight is 233 g/mol. The first-order valence-corrected chi connectivity index (χ1v) is 6.62. The fourth-order valence-corrected chi connectivity index (χ4v) is 3.33. The minimum atomic E-state index is 0.716. The molecule has 0 radical (unpaired) electrons. The van der Waals surface area contributed by atoms with E-state index in [1.54, 1.807) is 0 Å². The predicted molar refractivity (Wildman–Crippen MR) is 68.0 cm³/mol. The van der Waals surface area contributed by atoms with Gasteiger partial charge in [0.2, 0.25) is 0 Å². The Morgan fingerprint density at radius 3 is 2.88 bits per heavy atom. The van der Waals surface area contributed by atoms with E-state index in [1.165, 1.54) is 28.6 Å². The Morgan fingerprint density at radius 1 is 1.19 bits per heavy atom. The molecule has 0 aliphatic carbocycles. The van der Waals surface area contributed by atoms with Crippen molar-refractivity contribution in [3.05, 3.63) is 30.5 Å². The van der Waals surface area contributed by atoms with Crippen LogP contribution in [0.15, 0.2) is 35.4 Å². The van der Waals surface area contributed by atoms with Crippen LogP contribution in [0, 0.1) is 0 Å². The van der Waals surface area contributed by atoms with Gasteiger partial charge in [-0.05, 0) is 18.9 Å². The molecule has 2 nitrogen and oxygen atoms in total. The van der Waals surface area contributed by atoms with Crippen LogP contribution in [0.5, 0.6) is 0 Å². The molecule has 84 valence electrons. The van der Waals surface area contributed by atoms with Crippen molar-refractivity contribution in [3.8, 4) is 0 Å². The molecule has 1 fully saturated rings. The van der Waals surface area contributed by atoms with Gasteiger partial charge in [0, 0.05) is 40.5 Å². The first-order chi connectivity index (χ1) is 7.93. The number of para-hydroxylation sites is 1. The van der Waals surface area contributed by atoms with Crippen molar-refractivity contribution < 1.29 is 4.74 Å². The van der Waals surface area contributed by atoms with E-state index in [0.717, 1.165) is 13.2 Å². The van der Waals surface area contributed by atoms with Crippen molar-refractivity contribution in [2.75, 3.05) is 13.2 Å². The lowest BCUT2D eigenvalue weighted by Crippen LogP contribution is -2.17. The number of thioether (sulfide) groups is 1. The molecular weight excluding hydrogens is 218 g/mol. The van der Waals surface area contributed by atoms with Gasteiger partial charge in [-0.2, -0.15) is 0 Å². The number of nitrogens with one attached hydrogen (secondary N) is 1. The lowest BCUT2D eigenvalue weighted by atomic mass is 10.2. The smallest absolute Gasteiger partial charge is 0.0476 e. The maximum atomic E-state index is 5.39. The Kier molecular flexibility index (Phi) is 2.89. The van der Waals surface area contributed by atoms with Crippen LogP contribution in [0.1, 0.15) is 12.8 Å². The summed E-state index contributed by atoms with van der Waals surface area (Å²) in [6.45, 7) is 1.83. The number of aromatic amines is 1. The Morgan fingerprint density at radius 2 is 2.00 bits per heavy atom. The van der Waals surface area contributed by atoms with Crippen molar-refractivity contribution in [2.24, 2.45) is 0 Å². The second kappa shape index (κ2) is 4.52. The third-order valence-electron chi connectivity index (χ3n) is 3.01. The molecule has 1 saturated heterocycles. The SMILES string of the molecule is c1ccc2c(SC3CCOCC3)c[nH]c2c1. The second-order valence-corrected chi connectivity index (χ2v) is 5.47. The fraction of sp³-hybridized carbons (Fsp3) is 0.385. The summed E-state index contributed by atoms with van der Waals surface area (Å²) in [5, 5.41) is 2.06. The zero-order chi connectivity index (χ0) is 10.8. The van der Waals surface area contributed by atoms with Gasteiger partial charge < -0.3 is 9.72 Å². The van der Waals surface area contributed by atoms with Gasteiger partial charge in [-0.1, -0.05) is 18.2 Å². The fourth-order valence-electron chi connectivity index (χ4n) is 2.12. The molecular formula is C13H15NOS. The van der Waals surface area contributed by atoms with E-state index in [1.807, 2.05) is 11.8 Å². The van der Waals surface area contributed by atoms with Gasteiger partial charge in [0.1, 0.15) is 0 Å². The largest absolute Gasteiger partial charge is 0.381 e. The highest BCUT2D eigenvalue weighted by Crippen LogP contribution is 2.34. The monoisotopic (exact) mass is 233 g/mol. The summed E-state index contributed by atoms with van der Waals surface area (Å²) in [5.41, 5.74) is 1.23. The van der Waals surface area contributed by atoms with Gasteiger partial charge in [-0.15, -0.1) is 11.8 Å². The standard InChI is InChI=1S/C13H15NOS/c1-2-4-12-11(3-1)13(9-14-12)16-10-5-7-15-8-6-10/h1-4,9-10,14H,5-8H2. The summed E-state index contributed by atoms with van der Waals surface area (Å²) in [4.78, 5) is 4.70. The van der Waals surface area contributed by atoms with Gasteiger partial charge in [0.15, 0.2) is 0 Å². The van der Waals surface area contributed by atoms with Crippen LogP contribution in [-0.2, 0) is 4.74 Å². The molecule has 0 saturated carbocycles. The molecule has 1 aromatic heterocycles. The molecule has 3 rings (SSSR count). The molecule has 2 heterocycles. The maximum Gasteiger partial charge on any atom is 0.0476 e. The van der Waals surface area contributed by atoms with Gasteiger partial charge >= 0.3 is 0 Å². The molecule has 1 aromatic carbocycles. The molecule has 0 spiro atoms. The Bertz CT molecular complexity index is 473. The van der Waals surface area contributed by atoms with Gasteiger partial charge in [-0.3, -0.25) is 0 Å². The van der Waals surface area contributed by atoms with Crippen LogP contribution in [-0.4, -0.2) is 23.4 Å². The van der Waals surface area contributed by atoms with Crippen molar-refractivity contribution in [3.63, 3.8) is 0 Å². The molecule has 2 aromatic rings. The summed E-state index contributed by atoms with van der Waals surface area (Å²) >= 11 is 1.99. The van der Waals surface area contributed by atoms with E-state index in [0.29, 0.717) is 5.25 Å². The predicted octanol–water partition coefficient (Wildman–Crippen LogP) is 3.44. The quantitative estimate of drug-likeness (QED) is 0.859. The van der Waals surface area contributed by atoms with E-state index in [9.17, 15) is 0 Å². The van der Waals surface area contributed by atoms with Crippen LogP contribution in [0.2, 0.25) is 0 Å². The number of rotatable bonds is 2. The summed E-state index contributed by atoms with van der Waals surface area (Å²) in [5.74, 6) is 0. The Balaban J connectivity index is 1.83. The highest BCUT2D eigenvalue weighted by atomic mass is 32.2. The molecule has 0 bridgehead atoms. The first-order valence-electron chi connectivity index (χ1n) is 5.74. The third kappa shape index (κ3) is 1.97. The molecule has 0 unspecified atom stereocenters. The average Bonchev–Trinajstić information content (AvgIpc) is 2.74. The number of aromatic nitrogens is 1. The van der Waals surface area contributed by atoms with E-state index in [-0.39, 0.29) is 0 Å². The van der Waals surface area contributed by atoms with Gasteiger partial charge in [0.05, 0.1) is 0 Å². The number of hydrogen-bond acceptors (Lipinski definition) is 2. The van der Waals surface area contributed by atoms with Crippen molar-refractivity contribution >= 4 is 22.7 Å². The Hall–Kier alpha value is -0.930. The topological polar surface area (TPSA) is 25.0 Å². The molecule has 3 heteroatoms. The Labute approximate surface area is 99.4 Å². The molecule has 1 aliphatic heterocycles. The normalized spacial score (nSPS) is 18.0. The van der Waals surface area contributed by atoms with Crippen LogP contribution in [0.4, 0.5) is 0 Å². The summed E-state index contributed by atoms with van der Waals surface area (Å²) in [6.07, 6.45) is 4.47. The molecule has 0 amide bonds. The molecule has 1 N–H and O–H groups in total. The molecule has 1 aliphatic rings. The van der Waals surface area contributed by atoms with E-state index < -0.39 is 0 Å². The minimum absolute atomic E-state index is 0.716. The third-order valence-corrected chi connectivity index (χ3v) is 4.41. The van der Waals surface area contributed by atoms with Crippen LogP contribution in [0.3, 0.4) is 0 Å². The van der Waals surface area contributed by atoms with Gasteiger partial charge in [-0.25, -0.2) is 0 Å². The highest BCUT2D eigenvalue weighted by Gasteiger charge is 2.16.